The Morgan fingerprint density at radius 2 is 1.73 bits per heavy atom. The van der Waals surface area contributed by atoms with Gasteiger partial charge in [-0.2, -0.15) is 12.6 Å². The average Bonchev–Trinajstić information content (AvgIpc) is 1.88. The third-order valence-corrected chi connectivity index (χ3v) is 4.25. The molecule has 5 heteroatoms. The Kier molecular flexibility index (Phi) is 4.71. The molecule has 0 amide bonds. The molecule has 2 N–H and O–H groups in total. The average molecular weight is 198 g/mol. The van der Waals surface area contributed by atoms with Crippen LogP contribution < -0.4 is 0 Å². The van der Waals surface area contributed by atoms with Crippen LogP contribution in [0.15, 0.2) is 0 Å². The van der Waals surface area contributed by atoms with E-state index in [1.54, 1.807) is 0 Å². The number of rotatable bonds is 4. The van der Waals surface area contributed by atoms with E-state index in [-0.39, 0.29) is 5.92 Å². The first-order chi connectivity index (χ1) is 4.93. The maximum atomic E-state index is 10.7. The van der Waals surface area contributed by atoms with E-state index in [2.05, 4.69) is 12.6 Å². The Labute approximate surface area is 72.8 Å². The fraction of sp³-hybridized carbons (Fsp3) is 1.00. The minimum absolute atomic E-state index is 0.0131. The lowest BCUT2D eigenvalue weighted by atomic mass is 10.1. The van der Waals surface area contributed by atoms with Crippen molar-refractivity contribution < 1.29 is 14.4 Å². The minimum atomic E-state index is -3.98. The summed E-state index contributed by atoms with van der Waals surface area (Å²) in [7, 11) is -3.98. The van der Waals surface area contributed by atoms with Gasteiger partial charge in [0.05, 0.1) is 0 Å². The van der Waals surface area contributed by atoms with E-state index in [9.17, 15) is 4.57 Å². The highest BCUT2D eigenvalue weighted by molar-refractivity contribution is 7.89. The number of hydrogen-bond acceptors (Lipinski definition) is 2. The van der Waals surface area contributed by atoms with Crippen molar-refractivity contribution in [2.75, 3.05) is 0 Å². The standard InChI is InChI=1S/C6H15O3PS/c1-3-5(4-2)6(11)10(7,8)9/h5-6,11H,3-4H2,1-2H3,(H2,7,8,9). The van der Waals surface area contributed by atoms with Crippen molar-refractivity contribution in [1.29, 1.82) is 0 Å². The van der Waals surface area contributed by atoms with E-state index in [0.717, 1.165) is 12.8 Å². The maximum Gasteiger partial charge on any atom is 0.338 e. The Morgan fingerprint density at radius 1 is 1.36 bits per heavy atom. The predicted molar refractivity (Wildman–Crippen MR) is 48.9 cm³/mol. The molecular formula is C6H15O3PS. The zero-order valence-corrected chi connectivity index (χ0v) is 8.55. The highest BCUT2D eigenvalue weighted by Crippen LogP contribution is 2.48. The van der Waals surface area contributed by atoms with Gasteiger partial charge in [-0.25, -0.2) is 0 Å². The molecule has 0 saturated carbocycles. The molecule has 0 aliphatic rings. The Bertz CT molecular complexity index is 152. The Morgan fingerprint density at radius 3 is 1.82 bits per heavy atom. The fourth-order valence-electron chi connectivity index (χ4n) is 0.985. The van der Waals surface area contributed by atoms with Crippen LogP contribution in [0.4, 0.5) is 0 Å². The molecule has 0 rings (SSSR count). The van der Waals surface area contributed by atoms with Crippen LogP contribution in [0.3, 0.4) is 0 Å². The first-order valence-corrected chi connectivity index (χ1v) is 5.86. The van der Waals surface area contributed by atoms with Gasteiger partial charge < -0.3 is 9.79 Å². The summed E-state index contributed by atoms with van der Waals surface area (Å²) < 4.78 is 10.7. The predicted octanol–water partition coefficient (Wildman–Crippen LogP) is 1.86. The van der Waals surface area contributed by atoms with E-state index in [1.807, 2.05) is 13.8 Å². The summed E-state index contributed by atoms with van der Waals surface area (Å²) in [5.41, 5.74) is 0. The molecule has 0 radical (unpaired) electrons. The first kappa shape index (κ1) is 11.5. The van der Waals surface area contributed by atoms with E-state index < -0.39 is 12.6 Å². The van der Waals surface area contributed by atoms with Crippen LogP contribution >= 0.6 is 20.2 Å². The molecule has 3 nitrogen and oxygen atoms in total. The van der Waals surface area contributed by atoms with Crippen LogP contribution in [0.1, 0.15) is 26.7 Å². The van der Waals surface area contributed by atoms with Gasteiger partial charge in [0.1, 0.15) is 4.99 Å². The van der Waals surface area contributed by atoms with Crippen LogP contribution in [0.5, 0.6) is 0 Å². The number of hydrogen-bond donors (Lipinski definition) is 3. The summed E-state index contributed by atoms with van der Waals surface area (Å²) in [5.74, 6) is 0.0131. The fourth-order valence-corrected chi connectivity index (χ4v) is 2.38. The van der Waals surface area contributed by atoms with E-state index in [1.165, 1.54) is 0 Å². The van der Waals surface area contributed by atoms with Crippen molar-refractivity contribution in [1.82, 2.24) is 0 Å². The second-order valence-corrected chi connectivity index (χ2v) is 5.28. The second kappa shape index (κ2) is 4.51. The highest BCUT2D eigenvalue weighted by atomic mass is 32.1. The molecule has 0 bridgehead atoms. The molecule has 1 atom stereocenters. The topological polar surface area (TPSA) is 57.5 Å². The van der Waals surface area contributed by atoms with Crippen LogP contribution in [0, 0.1) is 5.92 Å². The van der Waals surface area contributed by atoms with Gasteiger partial charge in [-0.05, 0) is 5.92 Å². The van der Waals surface area contributed by atoms with Crippen molar-refractivity contribution in [2.24, 2.45) is 5.92 Å². The lowest BCUT2D eigenvalue weighted by Gasteiger charge is -2.20. The normalized spacial score (nSPS) is 15.5. The highest BCUT2D eigenvalue weighted by Gasteiger charge is 2.30. The van der Waals surface area contributed by atoms with Crippen LogP contribution in [0.25, 0.3) is 0 Å². The quantitative estimate of drug-likeness (QED) is 0.477. The summed E-state index contributed by atoms with van der Waals surface area (Å²) >= 11 is 3.90. The van der Waals surface area contributed by atoms with Gasteiger partial charge in [-0.3, -0.25) is 4.57 Å². The van der Waals surface area contributed by atoms with Gasteiger partial charge in [-0.1, -0.05) is 26.7 Å². The van der Waals surface area contributed by atoms with Gasteiger partial charge in [0.25, 0.3) is 0 Å². The molecule has 0 aliphatic carbocycles. The van der Waals surface area contributed by atoms with Gasteiger partial charge in [0.2, 0.25) is 0 Å². The van der Waals surface area contributed by atoms with Crippen molar-refractivity contribution in [3.05, 3.63) is 0 Å². The molecule has 0 saturated heterocycles. The maximum absolute atomic E-state index is 10.7. The van der Waals surface area contributed by atoms with Crippen molar-refractivity contribution in [3.63, 3.8) is 0 Å². The molecule has 0 spiro atoms. The van der Waals surface area contributed by atoms with Crippen LogP contribution in [-0.2, 0) is 4.57 Å². The SMILES string of the molecule is CCC(CC)C(S)P(=O)(O)O. The third kappa shape index (κ3) is 3.61. The molecule has 68 valence electrons. The zero-order chi connectivity index (χ0) is 9.07. The molecule has 0 aromatic carbocycles. The molecule has 0 fully saturated rings. The summed E-state index contributed by atoms with van der Waals surface area (Å²) in [6, 6.07) is 0. The molecule has 0 heterocycles. The van der Waals surface area contributed by atoms with Crippen molar-refractivity contribution in [2.45, 2.75) is 31.7 Å². The smallest absolute Gasteiger partial charge is 0.324 e. The third-order valence-electron chi connectivity index (χ3n) is 1.82. The first-order valence-electron chi connectivity index (χ1n) is 3.66. The number of thiol groups is 1. The van der Waals surface area contributed by atoms with E-state index >= 15 is 0 Å². The molecule has 0 aromatic heterocycles. The zero-order valence-electron chi connectivity index (χ0n) is 6.77. The van der Waals surface area contributed by atoms with Crippen molar-refractivity contribution in [3.8, 4) is 0 Å². The second-order valence-electron chi connectivity index (χ2n) is 2.58. The van der Waals surface area contributed by atoms with E-state index in [0.29, 0.717) is 0 Å². The van der Waals surface area contributed by atoms with Crippen LogP contribution in [-0.4, -0.2) is 14.8 Å². The van der Waals surface area contributed by atoms with Gasteiger partial charge in [-0.15, -0.1) is 0 Å². The molecule has 0 aliphatic heterocycles. The summed E-state index contributed by atoms with van der Waals surface area (Å²) in [5, 5.41) is 0. The molecule has 1 unspecified atom stereocenters. The van der Waals surface area contributed by atoms with Crippen molar-refractivity contribution >= 4 is 20.2 Å². The summed E-state index contributed by atoms with van der Waals surface area (Å²) in [6.07, 6.45) is 1.52. The lowest BCUT2D eigenvalue weighted by Crippen LogP contribution is -2.13. The summed E-state index contributed by atoms with van der Waals surface area (Å²) in [6.45, 7) is 3.82. The Balaban J connectivity index is 4.21. The largest absolute Gasteiger partial charge is 0.338 e. The van der Waals surface area contributed by atoms with Gasteiger partial charge in [0, 0.05) is 0 Å². The van der Waals surface area contributed by atoms with E-state index in [4.69, 9.17) is 9.79 Å². The molecule has 0 aromatic rings. The minimum Gasteiger partial charge on any atom is -0.324 e. The van der Waals surface area contributed by atoms with Gasteiger partial charge >= 0.3 is 7.60 Å². The van der Waals surface area contributed by atoms with Crippen LogP contribution in [0.2, 0.25) is 0 Å². The van der Waals surface area contributed by atoms with Gasteiger partial charge in [0.15, 0.2) is 0 Å². The summed E-state index contributed by atoms with van der Waals surface area (Å²) in [4.78, 5) is 16.7. The molecule has 11 heavy (non-hydrogen) atoms. The monoisotopic (exact) mass is 198 g/mol. The lowest BCUT2D eigenvalue weighted by molar-refractivity contribution is 0.351. The Hall–Kier alpha value is 0.500. The molecular weight excluding hydrogens is 183 g/mol.